The smallest absolute Gasteiger partial charge is 0.265 e. The van der Waals surface area contributed by atoms with Gasteiger partial charge in [0.1, 0.15) is 5.75 Å². The van der Waals surface area contributed by atoms with Crippen LogP contribution in [0.3, 0.4) is 0 Å². The van der Waals surface area contributed by atoms with Gasteiger partial charge in [0.2, 0.25) is 5.91 Å². The second-order valence-electron chi connectivity index (χ2n) is 5.72. The van der Waals surface area contributed by atoms with Crippen molar-refractivity contribution in [1.82, 2.24) is 10.6 Å². The predicted molar refractivity (Wildman–Crippen MR) is 91.1 cm³/mol. The summed E-state index contributed by atoms with van der Waals surface area (Å²) in [5, 5.41) is 8.77. The highest BCUT2D eigenvalue weighted by Gasteiger charge is 2.26. The van der Waals surface area contributed by atoms with Crippen molar-refractivity contribution < 1.29 is 19.1 Å². The fourth-order valence-corrected chi connectivity index (χ4v) is 2.45. The summed E-state index contributed by atoms with van der Waals surface area (Å²) in [6, 6.07) is 5.38. The quantitative estimate of drug-likeness (QED) is 0.622. The summed E-state index contributed by atoms with van der Waals surface area (Å²) in [5.74, 6) is 0.427. The summed E-state index contributed by atoms with van der Waals surface area (Å²) in [5.41, 5.74) is 1.58. The zero-order chi connectivity index (χ0) is 17.5. The van der Waals surface area contributed by atoms with Gasteiger partial charge in [-0.05, 0) is 31.0 Å². The van der Waals surface area contributed by atoms with Crippen LogP contribution in [0.2, 0.25) is 0 Å². The monoisotopic (exact) mass is 335 g/mol. The molecule has 3 N–H and O–H groups in total. The van der Waals surface area contributed by atoms with Crippen LogP contribution in [-0.4, -0.2) is 44.7 Å². The van der Waals surface area contributed by atoms with Crippen molar-refractivity contribution in [3.63, 3.8) is 0 Å². The number of nitrogens with one attached hydrogen (secondary N) is 3. The predicted octanol–water partition coefficient (Wildman–Crippen LogP) is 1.21. The van der Waals surface area contributed by atoms with Gasteiger partial charge in [-0.15, -0.1) is 0 Å². The molecule has 2 atom stereocenters. The lowest BCUT2D eigenvalue weighted by Gasteiger charge is -2.26. The van der Waals surface area contributed by atoms with Crippen molar-refractivity contribution in [3.05, 3.63) is 23.8 Å². The Kier molecular flexibility index (Phi) is 6.57. The summed E-state index contributed by atoms with van der Waals surface area (Å²) in [6.07, 6.45) is 0.136. The molecular formula is C17H25N3O4. The maximum absolute atomic E-state index is 11.9. The molecule has 0 spiro atoms. The van der Waals surface area contributed by atoms with Crippen molar-refractivity contribution in [2.45, 2.75) is 32.4 Å². The summed E-state index contributed by atoms with van der Waals surface area (Å²) < 4.78 is 10.6. The number of carbonyl (C=O) groups excluding carboxylic acids is 2. The number of anilines is 1. The van der Waals surface area contributed by atoms with Crippen LogP contribution in [0, 0.1) is 0 Å². The molecule has 0 saturated carbocycles. The number of hydrogen-bond acceptors (Lipinski definition) is 5. The minimum Gasteiger partial charge on any atom is -0.478 e. The molecule has 2 amide bonds. The summed E-state index contributed by atoms with van der Waals surface area (Å²) in [4.78, 5) is 23.7. The molecule has 24 heavy (non-hydrogen) atoms. The molecule has 2 unspecified atom stereocenters. The van der Waals surface area contributed by atoms with Gasteiger partial charge in [-0.3, -0.25) is 9.59 Å². The normalized spacial score (nSPS) is 17.5. The Morgan fingerprint density at radius 2 is 2.25 bits per heavy atom. The van der Waals surface area contributed by atoms with Crippen LogP contribution >= 0.6 is 0 Å². The number of rotatable bonds is 8. The van der Waals surface area contributed by atoms with Crippen molar-refractivity contribution in [3.8, 4) is 5.75 Å². The molecule has 1 aromatic carbocycles. The third-order valence-electron chi connectivity index (χ3n) is 3.84. The van der Waals surface area contributed by atoms with Crippen LogP contribution < -0.4 is 20.7 Å². The average molecular weight is 335 g/mol. The first kappa shape index (κ1) is 18.2. The van der Waals surface area contributed by atoms with Crippen LogP contribution in [0.4, 0.5) is 5.69 Å². The Labute approximate surface area is 142 Å². The molecule has 1 aromatic rings. The van der Waals surface area contributed by atoms with E-state index >= 15 is 0 Å². The number of ether oxygens (including phenoxy) is 2. The first-order valence-electron chi connectivity index (χ1n) is 8.15. The van der Waals surface area contributed by atoms with Crippen LogP contribution in [0.1, 0.15) is 31.9 Å². The minimum absolute atomic E-state index is 0.0861. The summed E-state index contributed by atoms with van der Waals surface area (Å²) in [6.45, 7) is 5.24. The standard InChI is InChI=1S/C17H25N3O4/c1-4-14-17(22)20-13-6-5-12(9-15(13)24-14)11(2)19-16(21)10-18-7-8-23-3/h5-6,9,11,14,18H,4,7-8,10H2,1-3H3,(H,19,21)(H,20,22). The van der Waals surface area contributed by atoms with E-state index in [1.807, 2.05) is 26.0 Å². The molecule has 0 radical (unpaired) electrons. The molecule has 132 valence electrons. The maximum atomic E-state index is 11.9. The van der Waals surface area contributed by atoms with E-state index in [1.165, 1.54) is 0 Å². The van der Waals surface area contributed by atoms with Gasteiger partial charge in [-0.2, -0.15) is 0 Å². The van der Waals surface area contributed by atoms with Crippen LogP contribution in [0.5, 0.6) is 5.75 Å². The Bertz CT molecular complexity index is 591. The van der Waals surface area contributed by atoms with Crippen molar-refractivity contribution in [1.29, 1.82) is 0 Å². The van der Waals surface area contributed by atoms with Gasteiger partial charge in [0.05, 0.1) is 24.9 Å². The molecule has 0 fully saturated rings. The number of benzene rings is 1. The second kappa shape index (κ2) is 8.65. The molecule has 1 aliphatic rings. The Morgan fingerprint density at radius 1 is 1.46 bits per heavy atom. The highest BCUT2D eigenvalue weighted by molar-refractivity contribution is 5.97. The second-order valence-corrected chi connectivity index (χ2v) is 5.72. The number of amides is 2. The highest BCUT2D eigenvalue weighted by Crippen LogP contribution is 2.32. The van der Waals surface area contributed by atoms with Crippen LogP contribution in [0.25, 0.3) is 0 Å². The lowest BCUT2D eigenvalue weighted by atomic mass is 10.1. The fourth-order valence-electron chi connectivity index (χ4n) is 2.45. The van der Waals surface area contributed by atoms with Gasteiger partial charge < -0.3 is 25.4 Å². The van der Waals surface area contributed by atoms with Gasteiger partial charge in [0, 0.05) is 13.7 Å². The number of fused-ring (bicyclic) bond motifs is 1. The third kappa shape index (κ3) is 4.69. The summed E-state index contributed by atoms with van der Waals surface area (Å²) >= 11 is 0. The van der Waals surface area contributed by atoms with Crippen molar-refractivity contribution >= 4 is 17.5 Å². The van der Waals surface area contributed by atoms with Gasteiger partial charge in [0.25, 0.3) is 5.91 Å². The van der Waals surface area contributed by atoms with Crippen LogP contribution in [0.15, 0.2) is 18.2 Å². The van der Waals surface area contributed by atoms with Crippen LogP contribution in [-0.2, 0) is 14.3 Å². The van der Waals surface area contributed by atoms with E-state index in [2.05, 4.69) is 16.0 Å². The fraction of sp³-hybridized carbons (Fsp3) is 0.529. The Balaban J connectivity index is 1.95. The van der Waals surface area contributed by atoms with Gasteiger partial charge in [-0.1, -0.05) is 13.0 Å². The first-order valence-corrected chi connectivity index (χ1v) is 8.15. The molecule has 0 bridgehead atoms. The van der Waals surface area contributed by atoms with Gasteiger partial charge >= 0.3 is 0 Å². The van der Waals surface area contributed by atoms with E-state index < -0.39 is 6.10 Å². The number of hydrogen-bond donors (Lipinski definition) is 3. The minimum atomic E-state index is -0.470. The molecule has 7 nitrogen and oxygen atoms in total. The zero-order valence-corrected chi connectivity index (χ0v) is 14.3. The molecule has 1 heterocycles. The third-order valence-corrected chi connectivity index (χ3v) is 3.84. The van der Waals surface area contributed by atoms with Gasteiger partial charge in [-0.25, -0.2) is 0 Å². The first-order chi connectivity index (χ1) is 11.5. The molecule has 0 aliphatic carbocycles. The van der Waals surface area contributed by atoms with Crippen molar-refractivity contribution in [2.75, 3.05) is 32.1 Å². The van der Waals surface area contributed by atoms with E-state index in [0.29, 0.717) is 31.0 Å². The molecular weight excluding hydrogens is 310 g/mol. The summed E-state index contributed by atoms with van der Waals surface area (Å²) in [7, 11) is 1.62. The molecule has 0 aromatic heterocycles. The number of carbonyl (C=O) groups is 2. The Morgan fingerprint density at radius 3 is 2.96 bits per heavy atom. The molecule has 7 heteroatoms. The SMILES string of the molecule is CCC1Oc2cc(C(C)NC(=O)CNCCOC)ccc2NC1=O. The molecule has 2 rings (SSSR count). The maximum Gasteiger partial charge on any atom is 0.265 e. The van der Waals surface area contributed by atoms with E-state index in [1.54, 1.807) is 13.2 Å². The number of methoxy groups -OCH3 is 1. The van der Waals surface area contributed by atoms with E-state index in [9.17, 15) is 9.59 Å². The van der Waals surface area contributed by atoms with E-state index in [-0.39, 0.29) is 24.4 Å². The molecule has 0 saturated heterocycles. The molecule has 1 aliphatic heterocycles. The highest BCUT2D eigenvalue weighted by atomic mass is 16.5. The zero-order valence-electron chi connectivity index (χ0n) is 14.3. The van der Waals surface area contributed by atoms with E-state index in [4.69, 9.17) is 9.47 Å². The Hall–Kier alpha value is -2.12. The largest absolute Gasteiger partial charge is 0.478 e. The lowest BCUT2D eigenvalue weighted by Crippen LogP contribution is -2.37. The van der Waals surface area contributed by atoms with Gasteiger partial charge in [0.15, 0.2) is 6.10 Å². The van der Waals surface area contributed by atoms with E-state index in [0.717, 1.165) is 5.56 Å². The van der Waals surface area contributed by atoms with Crippen molar-refractivity contribution in [2.24, 2.45) is 0 Å². The average Bonchev–Trinajstić information content (AvgIpc) is 2.57. The topological polar surface area (TPSA) is 88.7 Å². The lowest BCUT2D eigenvalue weighted by molar-refractivity contribution is -0.123.